The summed E-state index contributed by atoms with van der Waals surface area (Å²) in [4.78, 5) is 14.5. The van der Waals surface area contributed by atoms with E-state index in [2.05, 4.69) is 6.92 Å². The van der Waals surface area contributed by atoms with Gasteiger partial charge in [-0.3, -0.25) is 9.10 Å². The molecule has 23 heavy (non-hydrogen) atoms. The van der Waals surface area contributed by atoms with E-state index in [0.717, 1.165) is 23.4 Å². The normalized spacial score (nSPS) is 20.2. The van der Waals surface area contributed by atoms with E-state index in [1.165, 1.54) is 0 Å². The van der Waals surface area contributed by atoms with Crippen LogP contribution in [0, 0.1) is 5.92 Å². The van der Waals surface area contributed by atoms with Crippen LogP contribution in [-0.4, -0.2) is 44.6 Å². The summed E-state index contributed by atoms with van der Waals surface area (Å²) in [7, 11) is -3.60. The number of nitrogens with zero attached hydrogens (tertiary/aromatic N) is 2. The molecule has 1 aromatic carbocycles. The van der Waals surface area contributed by atoms with E-state index in [-0.39, 0.29) is 5.91 Å². The highest BCUT2D eigenvalue weighted by Gasteiger charge is 2.33. The number of hydrogen-bond donors (Lipinski definition) is 0. The van der Waals surface area contributed by atoms with Gasteiger partial charge in [-0.05, 0) is 43.9 Å². The fraction of sp³-hybridized carbons (Fsp3) is 0.562. The first-order chi connectivity index (χ1) is 10.7. The Morgan fingerprint density at radius 1 is 1.43 bits per heavy atom. The molecule has 1 aromatic rings. The van der Waals surface area contributed by atoms with Gasteiger partial charge < -0.3 is 4.90 Å². The first kappa shape index (κ1) is 18.1. The molecule has 0 spiro atoms. The molecule has 1 aliphatic rings. The van der Waals surface area contributed by atoms with Crippen molar-refractivity contribution in [3.05, 3.63) is 29.3 Å². The van der Waals surface area contributed by atoms with Crippen molar-refractivity contribution in [2.24, 2.45) is 5.92 Å². The number of carbonyl (C=O) groups is 1. The average molecular weight is 359 g/mol. The first-order valence-corrected chi connectivity index (χ1v) is 9.96. The molecule has 1 saturated heterocycles. The predicted octanol–water partition coefficient (Wildman–Crippen LogP) is 2.75. The summed E-state index contributed by atoms with van der Waals surface area (Å²) in [5.41, 5.74) is 0.408. The standard InChI is InChI=1S/C16H23ClN2O3S/c1-12-6-5-9-18(11-12)16(20)13(2)19(23(3,21)22)15-8-4-7-14(17)10-15/h4,7-8,10,12-13H,5-6,9,11H2,1-3H3/t12-,13+/m1/s1. The Bertz CT molecular complexity index is 678. The van der Waals surface area contributed by atoms with Crippen LogP contribution in [0.2, 0.25) is 5.02 Å². The van der Waals surface area contributed by atoms with Crippen molar-refractivity contribution in [2.45, 2.75) is 32.7 Å². The quantitative estimate of drug-likeness (QED) is 0.831. The van der Waals surface area contributed by atoms with Crippen molar-refractivity contribution in [3.8, 4) is 0 Å². The second-order valence-electron chi connectivity index (χ2n) is 6.25. The van der Waals surface area contributed by atoms with Crippen molar-refractivity contribution < 1.29 is 13.2 Å². The van der Waals surface area contributed by atoms with E-state index in [9.17, 15) is 13.2 Å². The monoisotopic (exact) mass is 358 g/mol. The van der Waals surface area contributed by atoms with Gasteiger partial charge in [-0.25, -0.2) is 8.42 Å². The molecule has 1 amide bonds. The Labute approximate surface area is 143 Å². The van der Waals surface area contributed by atoms with Crippen molar-refractivity contribution in [1.29, 1.82) is 0 Å². The Hall–Kier alpha value is -1.27. The third-order valence-corrected chi connectivity index (χ3v) is 5.57. The Kier molecular flexibility index (Phi) is 5.57. The fourth-order valence-electron chi connectivity index (χ4n) is 3.07. The van der Waals surface area contributed by atoms with E-state index in [4.69, 9.17) is 11.6 Å². The van der Waals surface area contributed by atoms with Gasteiger partial charge in [0.1, 0.15) is 6.04 Å². The highest BCUT2D eigenvalue weighted by atomic mass is 35.5. The van der Waals surface area contributed by atoms with Crippen LogP contribution in [0.4, 0.5) is 5.69 Å². The molecule has 1 fully saturated rings. The highest BCUT2D eigenvalue weighted by Crippen LogP contribution is 2.26. The lowest BCUT2D eigenvalue weighted by Gasteiger charge is -2.36. The molecule has 1 heterocycles. The van der Waals surface area contributed by atoms with E-state index in [1.54, 1.807) is 36.1 Å². The summed E-state index contributed by atoms with van der Waals surface area (Å²) in [6.07, 6.45) is 3.16. The van der Waals surface area contributed by atoms with E-state index >= 15 is 0 Å². The smallest absolute Gasteiger partial charge is 0.246 e. The lowest BCUT2D eigenvalue weighted by atomic mass is 10.00. The van der Waals surface area contributed by atoms with Crippen molar-refractivity contribution >= 4 is 33.2 Å². The second kappa shape index (κ2) is 7.09. The van der Waals surface area contributed by atoms with Crippen molar-refractivity contribution in [2.75, 3.05) is 23.7 Å². The van der Waals surface area contributed by atoms with Crippen LogP contribution in [0.1, 0.15) is 26.7 Å². The molecular formula is C16H23ClN2O3S. The third kappa shape index (κ3) is 4.38. The average Bonchev–Trinajstić information content (AvgIpc) is 2.45. The second-order valence-corrected chi connectivity index (χ2v) is 8.54. The number of amides is 1. The number of anilines is 1. The number of halogens is 1. The molecule has 128 valence electrons. The van der Waals surface area contributed by atoms with Gasteiger partial charge in [-0.1, -0.05) is 24.6 Å². The molecule has 2 rings (SSSR count). The molecule has 0 unspecified atom stereocenters. The van der Waals surface area contributed by atoms with Gasteiger partial charge in [0.25, 0.3) is 0 Å². The highest BCUT2D eigenvalue weighted by molar-refractivity contribution is 7.92. The molecule has 0 aliphatic carbocycles. The number of benzene rings is 1. The first-order valence-electron chi connectivity index (χ1n) is 7.74. The lowest BCUT2D eigenvalue weighted by Crippen LogP contribution is -2.51. The zero-order chi connectivity index (χ0) is 17.2. The summed E-state index contributed by atoms with van der Waals surface area (Å²) in [5, 5.41) is 0.433. The third-order valence-electron chi connectivity index (χ3n) is 4.10. The molecule has 5 nitrogen and oxygen atoms in total. The van der Waals surface area contributed by atoms with Crippen LogP contribution in [0.15, 0.2) is 24.3 Å². The van der Waals surface area contributed by atoms with Crippen LogP contribution in [0.25, 0.3) is 0 Å². The summed E-state index contributed by atoms with van der Waals surface area (Å²) < 4.78 is 25.6. The van der Waals surface area contributed by atoms with E-state index < -0.39 is 16.1 Å². The minimum absolute atomic E-state index is 0.165. The fourth-order valence-corrected chi connectivity index (χ4v) is 4.42. The maximum absolute atomic E-state index is 12.8. The van der Waals surface area contributed by atoms with E-state index in [0.29, 0.717) is 29.7 Å². The van der Waals surface area contributed by atoms with Gasteiger partial charge in [0.05, 0.1) is 11.9 Å². The molecule has 1 aliphatic heterocycles. The molecule has 0 radical (unpaired) electrons. The molecule has 7 heteroatoms. The van der Waals surface area contributed by atoms with Crippen LogP contribution in [0.3, 0.4) is 0 Å². The molecule has 2 atom stereocenters. The Morgan fingerprint density at radius 2 is 2.13 bits per heavy atom. The predicted molar refractivity (Wildman–Crippen MR) is 93.2 cm³/mol. The van der Waals surface area contributed by atoms with Gasteiger partial charge in [-0.15, -0.1) is 0 Å². The molecule has 0 aromatic heterocycles. The maximum Gasteiger partial charge on any atom is 0.246 e. The van der Waals surface area contributed by atoms with Gasteiger partial charge >= 0.3 is 0 Å². The number of carbonyl (C=O) groups excluding carboxylic acids is 1. The molecule has 0 bridgehead atoms. The van der Waals surface area contributed by atoms with E-state index in [1.807, 2.05) is 0 Å². The van der Waals surface area contributed by atoms with Gasteiger partial charge in [0.2, 0.25) is 15.9 Å². The minimum atomic E-state index is -3.60. The summed E-state index contributed by atoms with van der Waals surface area (Å²) in [6, 6.07) is 5.76. The van der Waals surface area contributed by atoms with Crippen LogP contribution in [-0.2, 0) is 14.8 Å². The van der Waals surface area contributed by atoms with Crippen molar-refractivity contribution in [3.63, 3.8) is 0 Å². The number of sulfonamides is 1. The molecular weight excluding hydrogens is 336 g/mol. The van der Waals surface area contributed by atoms with Gasteiger partial charge in [-0.2, -0.15) is 0 Å². The Balaban J connectivity index is 2.30. The SMILES string of the molecule is C[C@@H]1CCCN(C(=O)[C@H](C)N(c2cccc(Cl)c2)S(C)(=O)=O)C1. The maximum atomic E-state index is 12.8. The summed E-state index contributed by atoms with van der Waals surface area (Å²) >= 11 is 5.97. The summed E-state index contributed by atoms with van der Waals surface area (Å²) in [5.74, 6) is 0.278. The minimum Gasteiger partial charge on any atom is -0.341 e. The Morgan fingerprint density at radius 3 is 2.70 bits per heavy atom. The van der Waals surface area contributed by atoms with Crippen LogP contribution < -0.4 is 4.31 Å². The van der Waals surface area contributed by atoms with Crippen LogP contribution in [0.5, 0.6) is 0 Å². The van der Waals surface area contributed by atoms with Gasteiger partial charge in [0, 0.05) is 18.1 Å². The largest absolute Gasteiger partial charge is 0.341 e. The molecule has 0 N–H and O–H groups in total. The van der Waals surface area contributed by atoms with Gasteiger partial charge in [0.15, 0.2) is 0 Å². The van der Waals surface area contributed by atoms with Crippen LogP contribution >= 0.6 is 11.6 Å². The topological polar surface area (TPSA) is 57.7 Å². The number of likely N-dealkylation sites (tertiary alicyclic amines) is 1. The zero-order valence-corrected chi connectivity index (χ0v) is 15.3. The molecule has 0 saturated carbocycles. The number of rotatable bonds is 4. The van der Waals surface area contributed by atoms with Crippen molar-refractivity contribution in [1.82, 2.24) is 4.90 Å². The number of piperidine rings is 1. The number of hydrogen-bond acceptors (Lipinski definition) is 3. The summed E-state index contributed by atoms with van der Waals surface area (Å²) in [6.45, 7) is 5.09. The zero-order valence-electron chi connectivity index (χ0n) is 13.7. The lowest BCUT2D eigenvalue weighted by molar-refractivity contribution is -0.133.